The van der Waals surface area contributed by atoms with Gasteiger partial charge in [0.25, 0.3) is 0 Å². The third-order valence-corrected chi connectivity index (χ3v) is 3.89. The van der Waals surface area contributed by atoms with Crippen LogP contribution in [0.15, 0.2) is 11.6 Å². The second-order valence-electron chi connectivity index (χ2n) is 4.94. The first kappa shape index (κ1) is 14.2. The number of hydrogen-bond acceptors (Lipinski definition) is 2. The van der Waals surface area contributed by atoms with Crippen molar-refractivity contribution < 1.29 is 9.90 Å². The smallest absolute Gasteiger partial charge is 0.330 e. The molecule has 98 valence electrons. The van der Waals surface area contributed by atoms with Gasteiger partial charge in [-0.05, 0) is 51.6 Å². The summed E-state index contributed by atoms with van der Waals surface area (Å²) in [6.07, 6.45) is 6.61. The van der Waals surface area contributed by atoms with Crippen LogP contribution in [0, 0.1) is 5.92 Å². The first-order valence-electron chi connectivity index (χ1n) is 6.74. The molecular weight excluding hydrogens is 214 g/mol. The van der Waals surface area contributed by atoms with Crippen LogP contribution in [0.1, 0.15) is 46.5 Å². The Labute approximate surface area is 105 Å². The van der Waals surface area contributed by atoms with Crippen LogP contribution in [0.25, 0.3) is 0 Å². The summed E-state index contributed by atoms with van der Waals surface area (Å²) in [6.45, 7) is 8.36. The summed E-state index contributed by atoms with van der Waals surface area (Å²) < 4.78 is 0. The number of carbonyl (C=O) groups is 1. The monoisotopic (exact) mass is 239 g/mol. The quantitative estimate of drug-likeness (QED) is 0.750. The average molecular weight is 239 g/mol. The lowest BCUT2D eigenvalue weighted by Crippen LogP contribution is -2.37. The predicted octanol–water partition coefficient (Wildman–Crippen LogP) is 2.92. The van der Waals surface area contributed by atoms with Crippen molar-refractivity contribution in [3.63, 3.8) is 0 Å². The van der Waals surface area contributed by atoms with Crippen LogP contribution in [-0.4, -0.2) is 35.1 Å². The van der Waals surface area contributed by atoms with Gasteiger partial charge in [-0.2, -0.15) is 0 Å². The Morgan fingerprint density at radius 3 is 2.18 bits per heavy atom. The summed E-state index contributed by atoms with van der Waals surface area (Å²) in [4.78, 5) is 13.3. The summed E-state index contributed by atoms with van der Waals surface area (Å²) in [5, 5.41) is 8.85. The van der Waals surface area contributed by atoms with E-state index in [4.69, 9.17) is 5.11 Å². The van der Waals surface area contributed by atoms with Gasteiger partial charge in [0, 0.05) is 11.6 Å². The molecule has 1 fully saturated rings. The van der Waals surface area contributed by atoms with Gasteiger partial charge < -0.3 is 10.0 Å². The van der Waals surface area contributed by atoms with E-state index in [-0.39, 0.29) is 0 Å². The zero-order valence-corrected chi connectivity index (χ0v) is 11.3. The first-order valence-corrected chi connectivity index (χ1v) is 6.74. The van der Waals surface area contributed by atoms with Crippen LogP contribution in [0.5, 0.6) is 0 Å². The molecule has 0 radical (unpaired) electrons. The molecule has 0 unspecified atom stereocenters. The minimum atomic E-state index is -0.782. The van der Waals surface area contributed by atoms with Crippen LogP contribution in [-0.2, 0) is 4.79 Å². The van der Waals surface area contributed by atoms with E-state index in [1.807, 2.05) is 6.08 Å². The van der Waals surface area contributed by atoms with E-state index >= 15 is 0 Å². The highest BCUT2D eigenvalue weighted by atomic mass is 16.4. The number of carboxylic acids is 1. The van der Waals surface area contributed by atoms with Gasteiger partial charge in [0.2, 0.25) is 0 Å². The Balaban J connectivity index is 2.45. The molecule has 1 aliphatic rings. The van der Waals surface area contributed by atoms with Crippen LogP contribution >= 0.6 is 0 Å². The van der Waals surface area contributed by atoms with Crippen molar-refractivity contribution in [2.75, 3.05) is 13.1 Å². The summed E-state index contributed by atoms with van der Waals surface area (Å²) in [7, 11) is 0. The van der Waals surface area contributed by atoms with Gasteiger partial charge in [0.15, 0.2) is 0 Å². The first-order chi connectivity index (χ1) is 8.08. The maximum atomic E-state index is 10.8. The van der Waals surface area contributed by atoms with Gasteiger partial charge >= 0.3 is 5.97 Å². The SMILES string of the molecule is CCN(CC)C1CCC(C=C(C)C(=O)O)CC1. The highest BCUT2D eigenvalue weighted by Crippen LogP contribution is 2.29. The Kier molecular flexibility index (Phi) is 5.69. The van der Waals surface area contributed by atoms with Crippen LogP contribution in [0.3, 0.4) is 0 Å². The molecule has 0 bridgehead atoms. The zero-order chi connectivity index (χ0) is 12.8. The molecule has 0 atom stereocenters. The van der Waals surface area contributed by atoms with Gasteiger partial charge in [-0.3, -0.25) is 0 Å². The molecule has 3 heteroatoms. The minimum Gasteiger partial charge on any atom is -0.478 e. The van der Waals surface area contributed by atoms with E-state index in [1.54, 1.807) is 6.92 Å². The maximum Gasteiger partial charge on any atom is 0.330 e. The van der Waals surface area contributed by atoms with Gasteiger partial charge in [-0.1, -0.05) is 19.9 Å². The molecule has 0 amide bonds. The number of hydrogen-bond donors (Lipinski definition) is 1. The molecule has 0 heterocycles. The third-order valence-electron chi connectivity index (χ3n) is 3.89. The topological polar surface area (TPSA) is 40.5 Å². The molecular formula is C14H25NO2. The molecule has 0 aliphatic heterocycles. The molecule has 0 aromatic heterocycles. The van der Waals surface area contributed by atoms with Crippen molar-refractivity contribution in [2.45, 2.75) is 52.5 Å². The van der Waals surface area contributed by atoms with E-state index < -0.39 is 5.97 Å². The number of nitrogens with zero attached hydrogens (tertiary/aromatic N) is 1. The van der Waals surface area contributed by atoms with Crippen LogP contribution < -0.4 is 0 Å². The largest absolute Gasteiger partial charge is 0.478 e. The molecule has 1 saturated carbocycles. The van der Waals surface area contributed by atoms with Gasteiger partial charge in [-0.25, -0.2) is 4.79 Å². The second-order valence-corrected chi connectivity index (χ2v) is 4.94. The van der Waals surface area contributed by atoms with Crippen LogP contribution in [0.4, 0.5) is 0 Å². The highest BCUT2D eigenvalue weighted by Gasteiger charge is 2.23. The van der Waals surface area contributed by atoms with Crippen molar-refractivity contribution >= 4 is 5.97 Å². The standard InChI is InChI=1S/C14H25NO2/c1-4-15(5-2)13-8-6-12(7-9-13)10-11(3)14(16)17/h10,12-13H,4-9H2,1-3H3,(H,16,17). The van der Waals surface area contributed by atoms with E-state index in [0.29, 0.717) is 17.5 Å². The van der Waals surface area contributed by atoms with Gasteiger partial charge in [-0.15, -0.1) is 0 Å². The Morgan fingerprint density at radius 1 is 1.24 bits per heavy atom. The molecule has 3 nitrogen and oxygen atoms in total. The number of rotatable bonds is 5. The fourth-order valence-corrected chi connectivity index (χ4v) is 2.80. The van der Waals surface area contributed by atoms with E-state index in [1.165, 1.54) is 12.8 Å². The summed E-state index contributed by atoms with van der Waals surface area (Å²) in [5.41, 5.74) is 0.497. The molecule has 17 heavy (non-hydrogen) atoms. The third kappa shape index (κ3) is 4.15. The minimum absolute atomic E-state index is 0.470. The molecule has 0 aromatic rings. The van der Waals surface area contributed by atoms with E-state index in [2.05, 4.69) is 18.7 Å². The lowest BCUT2D eigenvalue weighted by atomic mass is 9.84. The molecule has 1 aliphatic carbocycles. The van der Waals surface area contributed by atoms with Crippen molar-refractivity contribution in [3.05, 3.63) is 11.6 Å². The normalized spacial score (nSPS) is 26.2. The maximum absolute atomic E-state index is 10.8. The number of allylic oxidation sites excluding steroid dienone is 1. The Hall–Kier alpha value is -0.830. The van der Waals surface area contributed by atoms with Gasteiger partial charge in [0.05, 0.1) is 0 Å². The second kappa shape index (κ2) is 6.80. The lowest BCUT2D eigenvalue weighted by molar-refractivity contribution is -0.132. The van der Waals surface area contributed by atoms with Gasteiger partial charge in [0.1, 0.15) is 0 Å². The van der Waals surface area contributed by atoms with Crippen molar-refractivity contribution in [3.8, 4) is 0 Å². The highest BCUT2D eigenvalue weighted by molar-refractivity contribution is 5.85. The van der Waals surface area contributed by atoms with Crippen molar-refractivity contribution in [1.29, 1.82) is 0 Å². The van der Waals surface area contributed by atoms with E-state index in [9.17, 15) is 4.79 Å². The summed E-state index contributed by atoms with van der Waals surface area (Å²) >= 11 is 0. The molecule has 1 rings (SSSR count). The molecule has 0 aromatic carbocycles. The Morgan fingerprint density at radius 2 is 1.76 bits per heavy atom. The zero-order valence-electron chi connectivity index (χ0n) is 11.3. The van der Waals surface area contributed by atoms with Crippen molar-refractivity contribution in [2.24, 2.45) is 5.92 Å². The predicted molar refractivity (Wildman–Crippen MR) is 70.1 cm³/mol. The number of carboxylic acid groups (broad SMARTS) is 1. The fourth-order valence-electron chi connectivity index (χ4n) is 2.80. The Bertz CT molecular complexity index is 274. The summed E-state index contributed by atoms with van der Waals surface area (Å²) in [5.74, 6) is -0.311. The van der Waals surface area contributed by atoms with Crippen LogP contribution in [0.2, 0.25) is 0 Å². The molecule has 1 N–H and O–H groups in total. The molecule has 0 saturated heterocycles. The summed E-state index contributed by atoms with van der Waals surface area (Å²) in [6, 6.07) is 0.708. The average Bonchev–Trinajstić information content (AvgIpc) is 2.32. The molecule has 0 spiro atoms. The lowest BCUT2D eigenvalue weighted by Gasteiger charge is -2.35. The number of aliphatic carboxylic acids is 1. The fraction of sp³-hybridized carbons (Fsp3) is 0.786. The van der Waals surface area contributed by atoms with Crippen molar-refractivity contribution in [1.82, 2.24) is 4.90 Å². The van der Waals surface area contributed by atoms with E-state index in [0.717, 1.165) is 25.9 Å².